The number of fused-ring (bicyclic) bond motifs is 2. The predicted molar refractivity (Wildman–Crippen MR) is 87.2 cm³/mol. The van der Waals surface area contributed by atoms with Crippen LogP contribution in [-0.2, 0) is 13.0 Å². The molecule has 1 radical (unpaired) electrons. The van der Waals surface area contributed by atoms with Gasteiger partial charge in [0.05, 0.1) is 18.2 Å². The van der Waals surface area contributed by atoms with Crippen LogP contribution in [-0.4, -0.2) is 4.90 Å². The Morgan fingerprint density at radius 2 is 1.95 bits per heavy atom. The molecule has 0 atom stereocenters. The van der Waals surface area contributed by atoms with Crippen molar-refractivity contribution in [2.75, 3.05) is 0 Å². The van der Waals surface area contributed by atoms with E-state index in [0.29, 0.717) is 0 Å². The van der Waals surface area contributed by atoms with Crippen molar-refractivity contribution >= 4 is 5.57 Å². The Labute approximate surface area is 130 Å². The number of nitrogens with zero attached hydrogens (tertiary/aromatic N) is 2. The number of rotatable bonds is 2. The van der Waals surface area contributed by atoms with E-state index in [4.69, 9.17) is 5.26 Å². The second-order valence-electron chi connectivity index (χ2n) is 5.64. The van der Waals surface area contributed by atoms with Gasteiger partial charge in [0, 0.05) is 24.2 Å². The lowest BCUT2D eigenvalue weighted by molar-refractivity contribution is 0.417. The van der Waals surface area contributed by atoms with Gasteiger partial charge in [-0.2, -0.15) is 5.26 Å². The van der Waals surface area contributed by atoms with Crippen LogP contribution in [0.3, 0.4) is 0 Å². The minimum absolute atomic E-state index is 0.727. The van der Waals surface area contributed by atoms with Gasteiger partial charge in [-0.1, -0.05) is 48.6 Å². The van der Waals surface area contributed by atoms with E-state index in [1.54, 1.807) is 0 Å². The van der Waals surface area contributed by atoms with Crippen LogP contribution in [0.1, 0.15) is 22.3 Å². The quantitative estimate of drug-likeness (QED) is 0.831. The second kappa shape index (κ2) is 5.20. The Kier molecular flexibility index (Phi) is 3.05. The first-order valence-corrected chi connectivity index (χ1v) is 7.44. The summed E-state index contributed by atoms with van der Waals surface area (Å²) in [5.74, 6) is 0. The third-order valence-electron chi connectivity index (χ3n) is 4.27. The number of hydrogen-bond acceptors (Lipinski definition) is 2. The lowest BCUT2D eigenvalue weighted by Gasteiger charge is -2.28. The maximum Gasteiger partial charge on any atom is 0.0991 e. The van der Waals surface area contributed by atoms with E-state index in [9.17, 15) is 0 Å². The molecule has 105 valence electrons. The van der Waals surface area contributed by atoms with Crippen LogP contribution in [0.15, 0.2) is 66.4 Å². The third-order valence-corrected chi connectivity index (χ3v) is 4.27. The largest absolute Gasteiger partial charge is 0.361 e. The molecule has 2 aromatic carbocycles. The molecule has 1 aliphatic carbocycles. The second-order valence-corrected chi connectivity index (χ2v) is 5.64. The molecule has 1 heterocycles. The summed E-state index contributed by atoms with van der Waals surface area (Å²) in [6, 6.07) is 18.7. The summed E-state index contributed by atoms with van der Waals surface area (Å²) in [6.45, 7) is 3.02. The van der Waals surface area contributed by atoms with E-state index in [-0.39, 0.29) is 0 Å². The molecule has 0 aromatic heterocycles. The van der Waals surface area contributed by atoms with Crippen molar-refractivity contribution in [3.63, 3.8) is 0 Å². The first-order valence-electron chi connectivity index (χ1n) is 7.44. The van der Waals surface area contributed by atoms with Gasteiger partial charge in [0.25, 0.3) is 0 Å². The van der Waals surface area contributed by atoms with E-state index in [0.717, 1.165) is 18.5 Å². The van der Waals surface area contributed by atoms with Crippen molar-refractivity contribution in [3.8, 4) is 6.07 Å². The first kappa shape index (κ1) is 12.9. The van der Waals surface area contributed by atoms with Crippen molar-refractivity contribution in [3.05, 3.63) is 95.2 Å². The molecule has 0 unspecified atom stereocenters. The lowest BCUT2D eigenvalue weighted by atomic mass is 10.0. The van der Waals surface area contributed by atoms with Crippen molar-refractivity contribution in [2.24, 2.45) is 0 Å². The maximum atomic E-state index is 9.11. The molecule has 0 spiro atoms. The van der Waals surface area contributed by atoms with Crippen LogP contribution in [0.4, 0.5) is 0 Å². The van der Waals surface area contributed by atoms with Crippen LogP contribution in [0.25, 0.3) is 5.57 Å². The van der Waals surface area contributed by atoms with Crippen molar-refractivity contribution in [1.29, 1.82) is 5.26 Å². The topological polar surface area (TPSA) is 27.0 Å². The average molecular weight is 283 g/mol. The first-order chi connectivity index (χ1) is 10.8. The van der Waals surface area contributed by atoms with Gasteiger partial charge in [-0.25, -0.2) is 0 Å². The molecule has 4 rings (SSSR count). The normalized spacial score (nSPS) is 15.5. The highest BCUT2D eigenvalue weighted by atomic mass is 15.1. The van der Waals surface area contributed by atoms with Crippen LogP contribution < -0.4 is 0 Å². The number of nitriles is 1. The summed E-state index contributed by atoms with van der Waals surface area (Å²) in [7, 11) is 0. The smallest absolute Gasteiger partial charge is 0.0991 e. The molecule has 0 fully saturated rings. The third kappa shape index (κ3) is 2.12. The molecule has 0 amide bonds. The Balaban J connectivity index is 1.69. The van der Waals surface area contributed by atoms with Gasteiger partial charge in [0.1, 0.15) is 0 Å². The number of hydrogen-bond donors (Lipinski definition) is 0. The fourth-order valence-corrected chi connectivity index (χ4v) is 3.19. The molecule has 0 saturated carbocycles. The van der Waals surface area contributed by atoms with Crippen molar-refractivity contribution in [2.45, 2.75) is 13.0 Å². The highest BCUT2D eigenvalue weighted by Crippen LogP contribution is 2.39. The molecule has 0 saturated heterocycles. The molecule has 1 aliphatic heterocycles. The molecule has 0 N–H and O–H groups in total. The summed E-state index contributed by atoms with van der Waals surface area (Å²) in [4.78, 5) is 2.32. The molecule has 2 heteroatoms. The standard InChI is InChI=1S/C20H15N2/c21-13-16-8-9-17-12-20-18(19(17)11-16)7-4-10-22(20)14-15-5-2-1-3-6-15/h1-11H,12,14H2. The van der Waals surface area contributed by atoms with Gasteiger partial charge >= 0.3 is 0 Å². The summed E-state index contributed by atoms with van der Waals surface area (Å²) >= 11 is 0. The van der Waals surface area contributed by atoms with Crippen molar-refractivity contribution < 1.29 is 0 Å². The summed E-state index contributed by atoms with van der Waals surface area (Å²) in [5, 5.41) is 9.11. The lowest BCUT2D eigenvalue weighted by Crippen LogP contribution is -2.21. The summed E-state index contributed by atoms with van der Waals surface area (Å²) in [6.07, 6.45) is 5.18. The van der Waals surface area contributed by atoms with Gasteiger partial charge in [0.15, 0.2) is 0 Å². The molecular weight excluding hydrogens is 268 g/mol. The highest BCUT2D eigenvalue weighted by Gasteiger charge is 2.26. The minimum Gasteiger partial charge on any atom is -0.361 e. The summed E-state index contributed by atoms with van der Waals surface area (Å²) in [5.41, 5.74) is 7.13. The molecular formula is C20H15N2. The van der Waals surface area contributed by atoms with Gasteiger partial charge < -0.3 is 4.90 Å². The zero-order chi connectivity index (χ0) is 14.9. The van der Waals surface area contributed by atoms with Gasteiger partial charge in [-0.3, -0.25) is 0 Å². The SMILES string of the molecule is N#Cc1ccc2c(c1)C1=C(C2)N(Cc2ccccc2)[CH]C=C1. The zero-order valence-electron chi connectivity index (χ0n) is 12.2. The van der Waals surface area contributed by atoms with E-state index >= 15 is 0 Å². The summed E-state index contributed by atoms with van der Waals surface area (Å²) < 4.78 is 0. The number of benzene rings is 2. The Morgan fingerprint density at radius 3 is 2.77 bits per heavy atom. The maximum absolute atomic E-state index is 9.11. The van der Waals surface area contributed by atoms with E-state index in [1.807, 2.05) is 18.2 Å². The molecule has 2 aromatic rings. The predicted octanol–water partition coefficient (Wildman–Crippen LogP) is 4.06. The van der Waals surface area contributed by atoms with Crippen LogP contribution in [0.5, 0.6) is 0 Å². The van der Waals surface area contributed by atoms with Crippen LogP contribution >= 0.6 is 0 Å². The molecule has 0 bridgehead atoms. The monoisotopic (exact) mass is 283 g/mol. The molecule has 22 heavy (non-hydrogen) atoms. The highest BCUT2D eigenvalue weighted by molar-refractivity contribution is 5.84. The van der Waals surface area contributed by atoms with Gasteiger partial charge in [-0.15, -0.1) is 0 Å². The Hall–Kier alpha value is -2.79. The fourth-order valence-electron chi connectivity index (χ4n) is 3.19. The van der Waals surface area contributed by atoms with E-state index < -0.39 is 0 Å². The van der Waals surface area contributed by atoms with Crippen LogP contribution in [0, 0.1) is 17.9 Å². The molecule has 2 nitrogen and oxygen atoms in total. The van der Waals surface area contributed by atoms with E-state index in [2.05, 4.69) is 60.0 Å². The fraction of sp³-hybridized carbons (Fsp3) is 0.100. The Bertz CT molecular complexity index is 823. The van der Waals surface area contributed by atoms with E-state index in [1.165, 1.54) is 28.0 Å². The Morgan fingerprint density at radius 1 is 1.09 bits per heavy atom. The van der Waals surface area contributed by atoms with Crippen LogP contribution in [0.2, 0.25) is 0 Å². The number of allylic oxidation sites excluding steroid dienone is 3. The van der Waals surface area contributed by atoms with Crippen molar-refractivity contribution in [1.82, 2.24) is 4.90 Å². The molecule has 2 aliphatic rings. The average Bonchev–Trinajstić information content (AvgIpc) is 2.95. The zero-order valence-corrected chi connectivity index (χ0v) is 12.2. The van der Waals surface area contributed by atoms with Gasteiger partial charge in [-0.05, 0) is 28.8 Å². The minimum atomic E-state index is 0.727. The van der Waals surface area contributed by atoms with Gasteiger partial charge in [0.2, 0.25) is 0 Å².